The number of ether oxygens (including phenoxy) is 1. The van der Waals surface area contributed by atoms with Crippen LogP contribution in [0.1, 0.15) is 25.8 Å². The summed E-state index contributed by atoms with van der Waals surface area (Å²) < 4.78 is 17.4. The van der Waals surface area contributed by atoms with Crippen LogP contribution >= 0.6 is 0 Å². The Morgan fingerprint density at radius 2 is 1.89 bits per heavy atom. The topological polar surface area (TPSA) is 38.3 Å². The molecule has 1 aromatic rings. The molecule has 1 N–H and O–H groups in total. The van der Waals surface area contributed by atoms with Gasteiger partial charge in [0, 0.05) is 12.1 Å². The van der Waals surface area contributed by atoms with Crippen LogP contribution < -0.4 is 5.32 Å². The van der Waals surface area contributed by atoms with Crippen LogP contribution in [0.4, 0.5) is 4.39 Å². The van der Waals surface area contributed by atoms with E-state index in [1.165, 1.54) is 19.2 Å². The summed E-state index contributed by atoms with van der Waals surface area (Å²) >= 11 is 0. The molecule has 0 aliphatic carbocycles. The molecule has 2 atom stereocenters. The van der Waals surface area contributed by atoms with Crippen LogP contribution in [0.15, 0.2) is 24.3 Å². The number of benzene rings is 1. The van der Waals surface area contributed by atoms with E-state index >= 15 is 0 Å². The number of methoxy groups -OCH3 is 1. The number of hydrogen-bond donors (Lipinski definition) is 1. The maximum atomic E-state index is 12.7. The quantitative estimate of drug-likeness (QED) is 0.791. The summed E-state index contributed by atoms with van der Waals surface area (Å²) in [5, 5.41) is 3.31. The van der Waals surface area contributed by atoms with Gasteiger partial charge in [-0.1, -0.05) is 12.1 Å². The zero-order valence-corrected chi connectivity index (χ0v) is 11.1. The van der Waals surface area contributed by atoms with Crippen molar-refractivity contribution < 1.29 is 13.9 Å². The molecule has 0 aromatic heterocycles. The van der Waals surface area contributed by atoms with Gasteiger partial charge in [-0.15, -0.1) is 0 Å². The van der Waals surface area contributed by atoms with E-state index < -0.39 is 0 Å². The summed E-state index contributed by atoms with van der Waals surface area (Å²) in [6.45, 7) is 3.98. The second-order valence-electron chi connectivity index (χ2n) is 4.58. The third-order valence-electron chi connectivity index (χ3n) is 2.72. The minimum atomic E-state index is -0.224. The minimum absolute atomic E-state index is 0.0629. The first-order valence-corrected chi connectivity index (χ1v) is 6.08. The average molecular weight is 253 g/mol. The van der Waals surface area contributed by atoms with Crippen LogP contribution in [0, 0.1) is 5.82 Å². The van der Waals surface area contributed by atoms with Crippen molar-refractivity contribution in [3.63, 3.8) is 0 Å². The number of esters is 1. The molecule has 3 nitrogen and oxygen atoms in total. The van der Waals surface area contributed by atoms with Crippen LogP contribution in [-0.4, -0.2) is 25.2 Å². The molecular weight excluding hydrogens is 233 g/mol. The summed E-state index contributed by atoms with van der Waals surface area (Å²) in [6, 6.07) is 6.75. The number of halogens is 1. The predicted octanol–water partition coefficient (Wildman–Crippen LogP) is 2.30. The zero-order chi connectivity index (χ0) is 13.5. The largest absolute Gasteiger partial charge is 0.469 e. The van der Waals surface area contributed by atoms with Gasteiger partial charge in [0.2, 0.25) is 0 Å². The molecule has 1 aromatic carbocycles. The highest BCUT2D eigenvalue weighted by molar-refractivity contribution is 5.69. The standard InChI is InChI=1S/C14H20FNO2/c1-10(16-11(2)9-14(17)18-3)8-12-4-6-13(15)7-5-12/h4-7,10-11,16H,8-9H2,1-3H3. The minimum Gasteiger partial charge on any atom is -0.469 e. The van der Waals surface area contributed by atoms with Crippen molar-refractivity contribution in [3.05, 3.63) is 35.6 Å². The molecule has 0 radical (unpaired) electrons. The molecule has 0 amide bonds. The van der Waals surface area contributed by atoms with Gasteiger partial charge < -0.3 is 10.1 Å². The van der Waals surface area contributed by atoms with E-state index in [0.29, 0.717) is 6.42 Å². The second-order valence-corrected chi connectivity index (χ2v) is 4.58. The lowest BCUT2D eigenvalue weighted by Crippen LogP contribution is -2.37. The highest BCUT2D eigenvalue weighted by Crippen LogP contribution is 2.06. The van der Waals surface area contributed by atoms with Crippen LogP contribution in [-0.2, 0) is 16.0 Å². The van der Waals surface area contributed by atoms with Crippen molar-refractivity contribution in [3.8, 4) is 0 Å². The fourth-order valence-electron chi connectivity index (χ4n) is 1.91. The monoisotopic (exact) mass is 253 g/mol. The first-order chi connectivity index (χ1) is 8.51. The maximum Gasteiger partial charge on any atom is 0.307 e. The van der Waals surface area contributed by atoms with E-state index in [4.69, 9.17) is 0 Å². The Kier molecular flexibility index (Phi) is 5.78. The lowest BCUT2D eigenvalue weighted by atomic mass is 10.1. The molecule has 0 bridgehead atoms. The Hall–Kier alpha value is -1.42. The van der Waals surface area contributed by atoms with E-state index in [2.05, 4.69) is 10.1 Å². The summed E-state index contributed by atoms with van der Waals surface area (Å²) in [5.41, 5.74) is 1.07. The Morgan fingerprint density at radius 3 is 2.44 bits per heavy atom. The summed E-state index contributed by atoms with van der Waals surface area (Å²) in [7, 11) is 1.39. The van der Waals surface area contributed by atoms with E-state index in [0.717, 1.165) is 12.0 Å². The van der Waals surface area contributed by atoms with Gasteiger partial charge >= 0.3 is 5.97 Å². The highest BCUT2D eigenvalue weighted by atomic mass is 19.1. The molecule has 0 spiro atoms. The van der Waals surface area contributed by atoms with E-state index in [1.54, 1.807) is 12.1 Å². The van der Waals surface area contributed by atoms with E-state index in [9.17, 15) is 9.18 Å². The lowest BCUT2D eigenvalue weighted by molar-refractivity contribution is -0.141. The molecule has 0 fully saturated rings. The molecule has 1 rings (SSSR count). The molecule has 100 valence electrons. The fraction of sp³-hybridized carbons (Fsp3) is 0.500. The second kappa shape index (κ2) is 7.11. The van der Waals surface area contributed by atoms with Gasteiger partial charge in [0.05, 0.1) is 13.5 Å². The number of nitrogens with one attached hydrogen (secondary N) is 1. The van der Waals surface area contributed by atoms with Crippen molar-refractivity contribution in [2.24, 2.45) is 0 Å². The van der Waals surface area contributed by atoms with E-state index in [-0.39, 0.29) is 23.9 Å². The van der Waals surface area contributed by atoms with Crippen molar-refractivity contribution in [2.45, 2.75) is 38.8 Å². The Balaban J connectivity index is 2.39. The number of carbonyl (C=O) groups excluding carboxylic acids is 1. The van der Waals surface area contributed by atoms with Crippen LogP contribution in [0.5, 0.6) is 0 Å². The fourth-order valence-corrected chi connectivity index (χ4v) is 1.91. The molecule has 0 saturated carbocycles. The summed E-state index contributed by atoms with van der Waals surface area (Å²) in [6.07, 6.45) is 1.15. The average Bonchev–Trinajstić information content (AvgIpc) is 2.31. The summed E-state index contributed by atoms with van der Waals surface area (Å²) in [4.78, 5) is 11.1. The molecular formula is C14H20FNO2. The molecule has 0 saturated heterocycles. The molecule has 0 aliphatic heterocycles. The van der Waals surface area contributed by atoms with Crippen molar-refractivity contribution in [2.75, 3.05) is 7.11 Å². The maximum absolute atomic E-state index is 12.7. The first kappa shape index (κ1) is 14.6. The van der Waals surface area contributed by atoms with Gasteiger partial charge in [-0.2, -0.15) is 0 Å². The van der Waals surface area contributed by atoms with Gasteiger partial charge in [0.1, 0.15) is 5.82 Å². The first-order valence-electron chi connectivity index (χ1n) is 6.08. The Morgan fingerprint density at radius 1 is 1.28 bits per heavy atom. The number of carbonyl (C=O) groups is 1. The van der Waals surface area contributed by atoms with Crippen LogP contribution in [0.3, 0.4) is 0 Å². The van der Waals surface area contributed by atoms with Gasteiger partial charge in [-0.3, -0.25) is 4.79 Å². The van der Waals surface area contributed by atoms with Crippen LogP contribution in [0.2, 0.25) is 0 Å². The molecule has 0 aliphatic rings. The Labute approximate surface area is 107 Å². The number of hydrogen-bond acceptors (Lipinski definition) is 3. The number of rotatable bonds is 6. The van der Waals surface area contributed by atoms with E-state index in [1.807, 2.05) is 13.8 Å². The predicted molar refractivity (Wildman–Crippen MR) is 68.8 cm³/mol. The van der Waals surface area contributed by atoms with Gasteiger partial charge in [-0.05, 0) is 38.0 Å². The van der Waals surface area contributed by atoms with Gasteiger partial charge in [0.25, 0.3) is 0 Å². The van der Waals surface area contributed by atoms with Crippen molar-refractivity contribution >= 4 is 5.97 Å². The third-order valence-corrected chi connectivity index (χ3v) is 2.72. The highest BCUT2D eigenvalue weighted by Gasteiger charge is 2.12. The van der Waals surface area contributed by atoms with Crippen molar-refractivity contribution in [1.29, 1.82) is 0 Å². The van der Waals surface area contributed by atoms with Gasteiger partial charge in [-0.25, -0.2) is 4.39 Å². The van der Waals surface area contributed by atoms with Gasteiger partial charge in [0.15, 0.2) is 0 Å². The third kappa shape index (κ3) is 5.27. The Bertz CT molecular complexity index is 378. The molecule has 18 heavy (non-hydrogen) atoms. The lowest BCUT2D eigenvalue weighted by Gasteiger charge is -2.19. The van der Waals surface area contributed by atoms with Crippen molar-refractivity contribution in [1.82, 2.24) is 5.32 Å². The smallest absolute Gasteiger partial charge is 0.307 e. The van der Waals surface area contributed by atoms with Crippen LogP contribution in [0.25, 0.3) is 0 Å². The summed E-state index contributed by atoms with van der Waals surface area (Å²) in [5.74, 6) is -0.442. The zero-order valence-electron chi connectivity index (χ0n) is 11.1. The molecule has 4 heteroatoms. The normalized spacial score (nSPS) is 14.0. The SMILES string of the molecule is COC(=O)CC(C)NC(C)Cc1ccc(F)cc1. The molecule has 2 unspecified atom stereocenters. The molecule has 0 heterocycles.